The van der Waals surface area contributed by atoms with Crippen LogP contribution in [0.15, 0.2) is 24.3 Å². The second kappa shape index (κ2) is 9.53. The lowest BCUT2D eigenvalue weighted by Gasteiger charge is -2.32. The Bertz CT molecular complexity index is 485. The van der Waals surface area contributed by atoms with E-state index in [0.29, 0.717) is 37.1 Å². The van der Waals surface area contributed by atoms with Crippen LogP contribution in [0.1, 0.15) is 30.1 Å². The minimum Gasteiger partial charge on any atom is -0.490 e. The molecule has 1 aliphatic rings. The second-order valence-electron chi connectivity index (χ2n) is 5.83. The standard InChI is InChI=1S/C18H28N2O3/c1-3-22-12-13-23-17-7-5-4-6-16(17)18(21)20-10-8-15(9-11-20)14-19-2/h4-7,15,19H,3,8-14H2,1-2H3. The van der Waals surface area contributed by atoms with Crippen LogP contribution in [0.3, 0.4) is 0 Å². The summed E-state index contributed by atoms with van der Waals surface area (Å²) in [4.78, 5) is 14.7. The predicted octanol–water partition coefficient (Wildman–Crippen LogP) is 2.17. The zero-order valence-electron chi connectivity index (χ0n) is 14.2. The van der Waals surface area contributed by atoms with Crippen LogP contribution in [0.2, 0.25) is 0 Å². The van der Waals surface area contributed by atoms with Crippen LogP contribution in [-0.2, 0) is 4.74 Å². The topological polar surface area (TPSA) is 50.8 Å². The molecule has 1 amide bonds. The fourth-order valence-electron chi connectivity index (χ4n) is 2.92. The molecule has 1 heterocycles. The van der Waals surface area contributed by atoms with Gasteiger partial charge in [0.15, 0.2) is 0 Å². The highest BCUT2D eigenvalue weighted by Crippen LogP contribution is 2.23. The van der Waals surface area contributed by atoms with Crippen molar-refractivity contribution in [1.82, 2.24) is 10.2 Å². The summed E-state index contributed by atoms with van der Waals surface area (Å²) in [7, 11) is 1.98. The molecule has 2 rings (SSSR count). The minimum atomic E-state index is 0.0694. The van der Waals surface area contributed by atoms with Gasteiger partial charge in [-0.15, -0.1) is 0 Å². The molecule has 0 unspecified atom stereocenters. The number of hydrogen-bond acceptors (Lipinski definition) is 4. The van der Waals surface area contributed by atoms with E-state index in [4.69, 9.17) is 9.47 Å². The zero-order chi connectivity index (χ0) is 16.5. The molecular weight excluding hydrogens is 292 g/mol. The van der Waals surface area contributed by atoms with Gasteiger partial charge in [0.25, 0.3) is 5.91 Å². The Morgan fingerprint density at radius 1 is 1.26 bits per heavy atom. The molecule has 1 saturated heterocycles. The number of amides is 1. The minimum absolute atomic E-state index is 0.0694. The third-order valence-electron chi connectivity index (χ3n) is 4.20. The van der Waals surface area contributed by atoms with E-state index in [0.717, 1.165) is 32.5 Å². The number of likely N-dealkylation sites (tertiary alicyclic amines) is 1. The van der Waals surface area contributed by atoms with Gasteiger partial charge >= 0.3 is 0 Å². The summed E-state index contributed by atoms with van der Waals surface area (Å²) in [6.45, 7) is 6.29. The molecule has 1 fully saturated rings. The van der Waals surface area contributed by atoms with Gasteiger partial charge in [-0.3, -0.25) is 4.79 Å². The maximum Gasteiger partial charge on any atom is 0.257 e. The Morgan fingerprint density at radius 2 is 2.00 bits per heavy atom. The van der Waals surface area contributed by atoms with Gasteiger partial charge in [-0.05, 0) is 51.4 Å². The van der Waals surface area contributed by atoms with Gasteiger partial charge in [0.2, 0.25) is 0 Å². The molecule has 1 aromatic rings. The van der Waals surface area contributed by atoms with E-state index in [1.807, 2.05) is 43.1 Å². The average molecular weight is 320 g/mol. The van der Waals surface area contributed by atoms with Gasteiger partial charge in [-0.1, -0.05) is 12.1 Å². The smallest absolute Gasteiger partial charge is 0.257 e. The van der Waals surface area contributed by atoms with Crippen LogP contribution in [0.5, 0.6) is 5.75 Å². The summed E-state index contributed by atoms with van der Waals surface area (Å²) in [6.07, 6.45) is 2.11. The van der Waals surface area contributed by atoms with Gasteiger partial charge in [0.1, 0.15) is 12.4 Å². The summed E-state index contributed by atoms with van der Waals surface area (Å²) < 4.78 is 11.0. The summed E-state index contributed by atoms with van der Waals surface area (Å²) in [6, 6.07) is 7.48. The first-order valence-corrected chi connectivity index (χ1v) is 8.49. The summed E-state index contributed by atoms with van der Waals surface area (Å²) in [5, 5.41) is 3.22. The van der Waals surface area contributed by atoms with Gasteiger partial charge in [0.05, 0.1) is 12.2 Å². The number of carbonyl (C=O) groups excluding carboxylic acids is 1. The zero-order valence-corrected chi connectivity index (χ0v) is 14.2. The third-order valence-corrected chi connectivity index (χ3v) is 4.20. The summed E-state index contributed by atoms with van der Waals surface area (Å²) in [5.74, 6) is 1.39. The number of benzene rings is 1. The third kappa shape index (κ3) is 5.22. The van der Waals surface area contributed by atoms with E-state index < -0.39 is 0 Å². The molecule has 0 aliphatic carbocycles. The van der Waals surface area contributed by atoms with Crippen molar-refractivity contribution < 1.29 is 14.3 Å². The molecular formula is C18H28N2O3. The number of piperidine rings is 1. The number of hydrogen-bond donors (Lipinski definition) is 1. The van der Waals surface area contributed by atoms with Gasteiger partial charge < -0.3 is 19.7 Å². The normalized spacial score (nSPS) is 15.7. The summed E-state index contributed by atoms with van der Waals surface area (Å²) >= 11 is 0. The van der Waals surface area contributed by atoms with Crippen molar-refractivity contribution in [2.75, 3.05) is 46.5 Å². The van der Waals surface area contributed by atoms with Gasteiger partial charge in [0, 0.05) is 19.7 Å². The van der Waals surface area contributed by atoms with Crippen molar-refractivity contribution in [2.24, 2.45) is 5.92 Å². The van der Waals surface area contributed by atoms with Crippen molar-refractivity contribution >= 4 is 5.91 Å². The molecule has 0 bridgehead atoms. The number of para-hydroxylation sites is 1. The quantitative estimate of drug-likeness (QED) is 0.746. The van der Waals surface area contributed by atoms with Gasteiger partial charge in [-0.2, -0.15) is 0 Å². The largest absolute Gasteiger partial charge is 0.490 e. The highest BCUT2D eigenvalue weighted by molar-refractivity contribution is 5.97. The molecule has 0 spiro atoms. The first-order valence-electron chi connectivity index (χ1n) is 8.49. The maximum absolute atomic E-state index is 12.8. The van der Waals surface area contributed by atoms with Crippen LogP contribution < -0.4 is 10.1 Å². The van der Waals surface area contributed by atoms with Crippen molar-refractivity contribution in [3.63, 3.8) is 0 Å². The lowest BCUT2D eigenvalue weighted by atomic mass is 9.96. The van der Waals surface area contributed by atoms with E-state index in [-0.39, 0.29) is 5.91 Å². The first-order chi connectivity index (χ1) is 11.3. The number of rotatable bonds is 8. The monoisotopic (exact) mass is 320 g/mol. The molecule has 1 aromatic carbocycles. The van der Waals surface area contributed by atoms with Crippen LogP contribution in [0, 0.1) is 5.92 Å². The van der Waals surface area contributed by atoms with Crippen molar-refractivity contribution in [1.29, 1.82) is 0 Å². The van der Waals surface area contributed by atoms with E-state index in [2.05, 4.69) is 5.32 Å². The van der Waals surface area contributed by atoms with Crippen molar-refractivity contribution in [3.05, 3.63) is 29.8 Å². The molecule has 0 radical (unpaired) electrons. The molecule has 1 aliphatic heterocycles. The number of carbonyl (C=O) groups is 1. The highest BCUT2D eigenvalue weighted by atomic mass is 16.5. The molecule has 23 heavy (non-hydrogen) atoms. The Hall–Kier alpha value is -1.59. The lowest BCUT2D eigenvalue weighted by Crippen LogP contribution is -2.40. The van der Waals surface area contributed by atoms with Crippen LogP contribution in [-0.4, -0.2) is 57.3 Å². The number of ether oxygens (including phenoxy) is 2. The SMILES string of the molecule is CCOCCOc1ccccc1C(=O)N1CCC(CNC)CC1. The van der Waals surface area contributed by atoms with Gasteiger partial charge in [-0.25, -0.2) is 0 Å². The Balaban J connectivity index is 1.94. The van der Waals surface area contributed by atoms with Crippen molar-refractivity contribution in [3.8, 4) is 5.75 Å². The fourth-order valence-corrected chi connectivity index (χ4v) is 2.92. The number of nitrogens with zero attached hydrogens (tertiary/aromatic N) is 1. The molecule has 0 aromatic heterocycles. The van der Waals surface area contributed by atoms with Crippen LogP contribution >= 0.6 is 0 Å². The van der Waals surface area contributed by atoms with Crippen LogP contribution in [0.4, 0.5) is 0 Å². The van der Waals surface area contributed by atoms with E-state index in [1.54, 1.807) is 0 Å². The first kappa shape index (κ1) is 17.8. The molecule has 0 atom stereocenters. The van der Waals surface area contributed by atoms with Crippen molar-refractivity contribution in [2.45, 2.75) is 19.8 Å². The number of nitrogens with one attached hydrogen (secondary N) is 1. The molecule has 5 heteroatoms. The van der Waals surface area contributed by atoms with Crippen LogP contribution in [0.25, 0.3) is 0 Å². The van der Waals surface area contributed by atoms with E-state index >= 15 is 0 Å². The fraction of sp³-hybridized carbons (Fsp3) is 0.611. The molecule has 0 saturated carbocycles. The Kier molecular flexibility index (Phi) is 7.36. The average Bonchev–Trinajstić information content (AvgIpc) is 2.59. The lowest BCUT2D eigenvalue weighted by molar-refractivity contribution is 0.0681. The Morgan fingerprint density at radius 3 is 2.70 bits per heavy atom. The highest BCUT2D eigenvalue weighted by Gasteiger charge is 2.25. The second-order valence-corrected chi connectivity index (χ2v) is 5.83. The summed E-state index contributed by atoms with van der Waals surface area (Å²) in [5.41, 5.74) is 0.649. The van der Waals surface area contributed by atoms with E-state index in [1.165, 1.54) is 0 Å². The predicted molar refractivity (Wildman–Crippen MR) is 91.0 cm³/mol. The van der Waals surface area contributed by atoms with E-state index in [9.17, 15) is 4.79 Å². The Labute approximate surface area is 139 Å². The maximum atomic E-state index is 12.8. The molecule has 5 nitrogen and oxygen atoms in total. The molecule has 128 valence electrons. The molecule has 1 N–H and O–H groups in total.